The molecule has 0 saturated carbocycles. The molecule has 2 aromatic rings. The van der Waals surface area contributed by atoms with Crippen molar-refractivity contribution in [3.8, 4) is 17.4 Å². The largest absolute Gasteiger partial charge is 0.439 e. The summed E-state index contributed by atoms with van der Waals surface area (Å²) in [5.74, 6) is 1.24. The zero-order valence-corrected chi connectivity index (χ0v) is 12.8. The molecule has 0 aliphatic carbocycles. The van der Waals surface area contributed by atoms with Crippen LogP contribution in [0.2, 0.25) is 0 Å². The van der Waals surface area contributed by atoms with Crippen LogP contribution < -0.4 is 4.90 Å². The van der Waals surface area contributed by atoms with Crippen molar-refractivity contribution in [2.24, 2.45) is 5.92 Å². The standard InChI is InChI=1S/C16H13BrN2O2/c17-8-11-6-15(20)19(10-11)16-13(9-18)7-14(21-16)12-4-2-1-3-5-12/h1-5,7,11H,6,8,10H2. The molecule has 106 valence electrons. The van der Waals surface area contributed by atoms with Gasteiger partial charge in [0.1, 0.15) is 17.4 Å². The SMILES string of the molecule is N#Cc1cc(-c2ccccc2)oc1N1CC(CBr)CC1=O. The molecule has 0 N–H and O–H groups in total. The lowest BCUT2D eigenvalue weighted by Gasteiger charge is -2.13. The van der Waals surface area contributed by atoms with Gasteiger partial charge in [0.15, 0.2) is 0 Å². The minimum absolute atomic E-state index is 0.00455. The summed E-state index contributed by atoms with van der Waals surface area (Å²) in [6, 6.07) is 13.4. The number of carbonyl (C=O) groups excluding carboxylic acids is 1. The highest BCUT2D eigenvalue weighted by Crippen LogP contribution is 2.34. The van der Waals surface area contributed by atoms with E-state index in [1.54, 1.807) is 11.0 Å². The normalized spacial score (nSPS) is 18.0. The zero-order chi connectivity index (χ0) is 14.8. The minimum atomic E-state index is 0.00455. The van der Waals surface area contributed by atoms with Crippen LogP contribution in [-0.2, 0) is 4.79 Å². The van der Waals surface area contributed by atoms with Gasteiger partial charge in [0, 0.05) is 29.9 Å². The van der Waals surface area contributed by atoms with Gasteiger partial charge < -0.3 is 4.42 Å². The fourth-order valence-electron chi connectivity index (χ4n) is 2.49. The lowest BCUT2D eigenvalue weighted by atomic mass is 10.1. The van der Waals surface area contributed by atoms with Crippen molar-refractivity contribution in [2.75, 3.05) is 16.8 Å². The Morgan fingerprint density at radius 3 is 2.76 bits per heavy atom. The summed E-state index contributed by atoms with van der Waals surface area (Å²) in [6.07, 6.45) is 0.484. The first-order valence-corrected chi connectivity index (χ1v) is 7.80. The first-order valence-electron chi connectivity index (χ1n) is 6.68. The molecule has 2 heterocycles. The maximum atomic E-state index is 12.1. The van der Waals surface area contributed by atoms with E-state index in [-0.39, 0.29) is 11.8 Å². The lowest BCUT2D eigenvalue weighted by Crippen LogP contribution is -2.24. The quantitative estimate of drug-likeness (QED) is 0.799. The predicted octanol–water partition coefficient (Wildman–Crippen LogP) is 3.57. The average Bonchev–Trinajstić information content (AvgIpc) is 3.11. The van der Waals surface area contributed by atoms with E-state index in [9.17, 15) is 10.1 Å². The molecule has 1 amide bonds. The molecule has 1 fully saturated rings. The number of rotatable bonds is 3. The second-order valence-corrected chi connectivity index (χ2v) is 5.68. The number of carbonyl (C=O) groups is 1. The molecule has 1 unspecified atom stereocenters. The van der Waals surface area contributed by atoms with Gasteiger partial charge in [0.05, 0.1) is 0 Å². The van der Waals surface area contributed by atoms with E-state index in [0.29, 0.717) is 30.2 Å². The van der Waals surface area contributed by atoms with Crippen LogP contribution in [0.5, 0.6) is 0 Å². The highest BCUT2D eigenvalue weighted by Gasteiger charge is 2.33. The Morgan fingerprint density at radius 1 is 1.38 bits per heavy atom. The van der Waals surface area contributed by atoms with Crippen LogP contribution in [-0.4, -0.2) is 17.8 Å². The summed E-state index contributed by atoms with van der Waals surface area (Å²) in [4.78, 5) is 13.7. The van der Waals surface area contributed by atoms with Crippen LogP contribution in [0, 0.1) is 17.2 Å². The zero-order valence-electron chi connectivity index (χ0n) is 11.3. The van der Waals surface area contributed by atoms with Crippen LogP contribution >= 0.6 is 15.9 Å². The molecule has 0 radical (unpaired) electrons. The summed E-state index contributed by atoms with van der Waals surface area (Å²) < 4.78 is 5.81. The Labute approximate surface area is 131 Å². The molecule has 1 aromatic carbocycles. The molecule has 1 atom stereocenters. The second-order valence-electron chi connectivity index (χ2n) is 5.04. The van der Waals surface area contributed by atoms with E-state index in [0.717, 1.165) is 10.9 Å². The molecule has 3 rings (SSSR count). The van der Waals surface area contributed by atoms with Gasteiger partial charge in [-0.05, 0) is 5.92 Å². The van der Waals surface area contributed by atoms with Gasteiger partial charge in [0.2, 0.25) is 11.8 Å². The van der Waals surface area contributed by atoms with Crippen molar-refractivity contribution in [1.82, 2.24) is 0 Å². The lowest BCUT2D eigenvalue weighted by molar-refractivity contribution is -0.117. The highest BCUT2D eigenvalue weighted by molar-refractivity contribution is 9.09. The van der Waals surface area contributed by atoms with Gasteiger partial charge in [-0.15, -0.1) is 0 Å². The number of furan rings is 1. The molecule has 0 spiro atoms. The number of alkyl halides is 1. The number of amides is 1. The summed E-state index contributed by atoms with van der Waals surface area (Å²) in [6.45, 7) is 0.584. The molecular formula is C16H13BrN2O2. The summed E-state index contributed by atoms with van der Waals surface area (Å²) in [7, 11) is 0. The number of nitrogens with zero attached hydrogens (tertiary/aromatic N) is 2. The molecular weight excluding hydrogens is 332 g/mol. The molecule has 21 heavy (non-hydrogen) atoms. The summed E-state index contributed by atoms with van der Waals surface area (Å²) in [5.41, 5.74) is 1.29. The number of nitriles is 1. The number of halogens is 1. The van der Waals surface area contributed by atoms with Crippen LogP contribution in [0.25, 0.3) is 11.3 Å². The smallest absolute Gasteiger partial charge is 0.229 e. The van der Waals surface area contributed by atoms with Crippen molar-refractivity contribution in [3.63, 3.8) is 0 Å². The third-order valence-electron chi connectivity index (χ3n) is 3.56. The summed E-state index contributed by atoms with van der Waals surface area (Å²) in [5, 5.41) is 10.1. The summed E-state index contributed by atoms with van der Waals surface area (Å²) >= 11 is 3.41. The molecule has 5 heteroatoms. The maximum Gasteiger partial charge on any atom is 0.229 e. The number of benzene rings is 1. The van der Waals surface area contributed by atoms with Crippen molar-refractivity contribution >= 4 is 27.7 Å². The average molecular weight is 345 g/mol. The van der Waals surface area contributed by atoms with E-state index < -0.39 is 0 Å². The Hall–Kier alpha value is -2.06. The number of anilines is 1. The third kappa shape index (κ3) is 2.59. The Kier molecular flexibility index (Phi) is 3.80. The number of hydrogen-bond donors (Lipinski definition) is 0. The molecule has 4 nitrogen and oxygen atoms in total. The third-order valence-corrected chi connectivity index (χ3v) is 4.48. The fourth-order valence-corrected chi connectivity index (χ4v) is 2.92. The molecule has 1 aliphatic rings. The molecule has 1 aliphatic heterocycles. The van der Waals surface area contributed by atoms with Crippen LogP contribution in [0.1, 0.15) is 12.0 Å². The Balaban J connectivity index is 1.98. The van der Waals surface area contributed by atoms with Crippen molar-refractivity contribution < 1.29 is 9.21 Å². The van der Waals surface area contributed by atoms with Gasteiger partial charge in [-0.3, -0.25) is 9.69 Å². The number of hydrogen-bond acceptors (Lipinski definition) is 3. The topological polar surface area (TPSA) is 57.2 Å². The maximum absolute atomic E-state index is 12.1. The minimum Gasteiger partial charge on any atom is -0.439 e. The Morgan fingerprint density at radius 2 is 2.14 bits per heavy atom. The molecule has 1 aromatic heterocycles. The van der Waals surface area contributed by atoms with E-state index in [1.807, 2.05) is 30.3 Å². The van der Waals surface area contributed by atoms with Gasteiger partial charge in [-0.2, -0.15) is 5.26 Å². The van der Waals surface area contributed by atoms with Crippen molar-refractivity contribution in [2.45, 2.75) is 6.42 Å². The van der Waals surface area contributed by atoms with Gasteiger partial charge in [-0.1, -0.05) is 46.3 Å². The van der Waals surface area contributed by atoms with E-state index in [1.165, 1.54) is 0 Å². The van der Waals surface area contributed by atoms with Gasteiger partial charge in [0.25, 0.3) is 0 Å². The first kappa shape index (κ1) is 13.9. The van der Waals surface area contributed by atoms with Crippen LogP contribution in [0.15, 0.2) is 40.8 Å². The first-order chi connectivity index (χ1) is 10.2. The second kappa shape index (κ2) is 5.74. The highest BCUT2D eigenvalue weighted by atomic mass is 79.9. The molecule has 0 bridgehead atoms. The monoisotopic (exact) mass is 344 g/mol. The molecule has 1 saturated heterocycles. The Bertz CT molecular complexity index is 703. The fraction of sp³-hybridized carbons (Fsp3) is 0.250. The van der Waals surface area contributed by atoms with Crippen LogP contribution in [0.3, 0.4) is 0 Å². The van der Waals surface area contributed by atoms with Crippen molar-refractivity contribution in [1.29, 1.82) is 5.26 Å². The van der Waals surface area contributed by atoms with E-state index in [4.69, 9.17) is 4.42 Å². The van der Waals surface area contributed by atoms with Gasteiger partial charge in [-0.25, -0.2) is 0 Å². The van der Waals surface area contributed by atoms with Gasteiger partial charge >= 0.3 is 0 Å². The van der Waals surface area contributed by atoms with Crippen LogP contribution in [0.4, 0.5) is 5.88 Å². The van der Waals surface area contributed by atoms with E-state index in [2.05, 4.69) is 22.0 Å². The van der Waals surface area contributed by atoms with E-state index >= 15 is 0 Å². The predicted molar refractivity (Wildman–Crippen MR) is 83.1 cm³/mol. The van der Waals surface area contributed by atoms with Crippen molar-refractivity contribution in [3.05, 3.63) is 42.0 Å².